The smallest absolute Gasteiger partial charge is 0.0588 e. The molecule has 2 heteroatoms. The number of anilines is 3. The van der Waals surface area contributed by atoms with Gasteiger partial charge in [0.05, 0.1) is 16.7 Å². The van der Waals surface area contributed by atoms with E-state index in [1.54, 1.807) is 0 Å². The van der Waals surface area contributed by atoms with Crippen molar-refractivity contribution >= 4 is 49.6 Å². The number of hydrogen-bond acceptors (Lipinski definition) is 1. The fraction of sp³-hybridized carbons (Fsp3) is 0.103. The molecule has 0 amide bonds. The Morgan fingerprint density at radius 3 is 1.68 bits per heavy atom. The van der Waals surface area contributed by atoms with Crippen molar-refractivity contribution in [2.75, 3.05) is 4.90 Å². The van der Waals surface area contributed by atoms with Crippen LogP contribution in [0.15, 0.2) is 194 Å². The van der Waals surface area contributed by atoms with Gasteiger partial charge < -0.3 is 9.47 Å². The number of fused-ring (bicyclic) bond motifs is 12. The molecule has 0 atom stereocenters. The molecule has 10 aromatic rings. The van der Waals surface area contributed by atoms with Crippen LogP contribution in [0.4, 0.5) is 17.1 Å². The molecule has 0 fully saturated rings. The Hall–Kier alpha value is -7.16. The third kappa shape index (κ3) is 4.82. The molecule has 60 heavy (non-hydrogen) atoms. The van der Waals surface area contributed by atoms with Crippen LogP contribution in [0.1, 0.15) is 49.9 Å². The minimum absolute atomic E-state index is 0.138. The SMILES string of the molecule is CC1(C)c2ccccc2-c2ccc(N(c3ccc(-c4ccccc4)cc3)c3cc4c(c5ccccc35)c3ccc5c(c3n4-c3ccccc3)C(C)(C)c3ccccc3-5)cc21. The molecule has 0 unspecified atom stereocenters. The number of aromatic nitrogens is 1. The molecule has 2 aliphatic rings. The lowest BCUT2D eigenvalue weighted by atomic mass is 9.81. The lowest BCUT2D eigenvalue weighted by molar-refractivity contribution is 0.660. The molecule has 286 valence electrons. The first-order chi connectivity index (χ1) is 29.3. The number of rotatable bonds is 5. The van der Waals surface area contributed by atoms with Gasteiger partial charge in [-0.2, -0.15) is 0 Å². The second-order valence-corrected chi connectivity index (χ2v) is 17.7. The molecule has 1 heterocycles. The summed E-state index contributed by atoms with van der Waals surface area (Å²) in [5.74, 6) is 0. The van der Waals surface area contributed by atoms with Gasteiger partial charge in [0.1, 0.15) is 0 Å². The van der Waals surface area contributed by atoms with E-state index in [1.807, 2.05) is 0 Å². The molecule has 0 bridgehead atoms. The third-order valence-electron chi connectivity index (χ3n) is 13.7. The van der Waals surface area contributed by atoms with Gasteiger partial charge in [0.15, 0.2) is 0 Å². The van der Waals surface area contributed by atoms with E-state index in [0.717, 1.165) is 22.7 Å². The van der Waals surface area contributed by atoms with Crippen molar-refractivity contribution in [3.63, 3.8) is 0 Å². The zero-order valence-corrected chi connectivity index (χ0v) is 34.4. The Kier molecular flexibility index (Phi) is 7.36. The second kappa shape index (κ2) is 12.7. The summed E-state index contributed by atoms with van der Waals surface area (Å²) in [4.78, 5) is 2.51. The number of para-hydroxylation sites is 1. The van der Waals surface area contributed by atoms with E-state index >= 15 is 0 Å². The molecule has 2 aliphatic carbocycles. The minimum atomic E-state index is -0.188. The van der Waals surface area contributed by atoms with Gasteiger partial charge in [0.25, 0.3) is 0 Å². The first-order valence-electron chi connectivity index (χ1n) is 21.2. The van der Waals surface area contributed by atoms with E-state index in [-0.39, 0.29) is 10.8 Å². The van der Waals surface area contributed by atoms with E-state index < -0.39 is 0 Å². The highest BCUT2D eigenvalue weighted by Gasteiger charge is 2.39. The molecule has 0 radical (unpaired) electrons. The van der Waals surface area contributed by atoms with Crippen LogP contribution in [0.25, 0.3) is 71.6 Å². The molecule has 0 N–H and O–H groups in total. The Morgan fingerprint density at radius 1 is 0.400 bits per heavy atom. The van der Waals surface area contributed by atoms with E-state index in [2.05, 4.69) is 231 Å². The summed E-state index contributed by atoms with van der Waals surface area (Å²) in [7, 11) is 0. The number of benzene rings is 9. The summed E-state index contributed by atoms with van der Waals surface area (Å²) in [6.45, 7) is 9.56. The third-order valence-corrected chi connectivity index (χ3v) is 13.7. The zero-order valence-electron chi connectivity index (χ0n) is 34.4. The van der Waals surface area contributed by atoms with E-state index in [4.69, 9.17) is 0 Å². The molecule has 0 saturated heterocycles. The Balaban J connectivity index is 1.18. The fourth-order valence-corrected chi connectivity index (χ4v) is 10.9. The molecule has 0 spiro atoms. The van der Waals surface area contributed by atoms with Crippen LogP contribution >= 0.6 is 0 Å². The Bertz CT molecular complexity index is 3350. The average molecular weight is 769 g/mol. The molecule has 12 rings (SSSR count). The van der Waals surface area contributed by atoms with Gasteiger partial charge in [-0.25, -0.2) is 0 Å². The predicted octanol–water partition coefficient (Wildman–Crippen LogP) is 15.7. The highest BCUT2D eigenvalue weighted by atomic mass is 15.1. The van der Waals surface area contributed by atoms with Gasteiger partial charge in [-0.05, 0) is 103 Å². The maximum absolute atomic E-state index is 2.56. The molecular formula is C58H44N2. The summed E-state index contributed by atoms with van der Waals surface area (Å²) < 4.78 is 2.56. The minimum Gasteiger partial charge on any atom is -0.310 e. The van der Waals surface area contributed by atoms with Crippen LogP contribution in [0, 0.1) is 0 Å². The van der Waals surface area contributed by atoms with Crippen molar-refractivity contribution in [1.29, 1.82) is 0 Å². The van der Waals surface area contributed by atoms with E-state index in [0.29, 0.717) is 0 Å². The van der Waals surface area contributed by atoms with Crippen LogP contribution in [0.2, 0.25) is 0 Å². The average Bonchev–Trinajstić information content (AvgIpc) is 3.84. The van der Waals surface area contributed by atoms with Gasteiger partial charge in [0, 0.05) is 44.1 Å². The quantitative estimate of drug-likeness (QED) is 0.169. The maximum atomic E-state index is 2.56. The van der Waals surface area contributed by atoms with Crippen LogP contribution < -0.4 is 4.90 Å². The van der Waals surface area contributed by atoms with Crippen LogP contribution in [-0.2, 0) is 10.8 Å². The molecule has 0 aliphatic heterocycles. The second-order valence-electron chi connectivity index (χ2n) is 17.7. The zero-order chi connectivity index (χ0) is 40.3. The van der Waals surface area contributed by atoms with Gasteiger partial charge in [0.2, 0.25) is 0 Å². The number of nitrogens with zero attached hydrogens (tertiary/aromatic N) is 2. The summed E-state index contributed by atoms with van der Waals surface area (Å²) >= 11 is 0. The molecule has 1 aromatic heterocycles. The first-order valence-corrected chi connectivity index (χ1v) is 21.2. The molecule has 2 nitrogen and oxygen atoms in total. The molecule has 9 aromatic carbocycles. The highest BCUT2D eigenvalue weighted by Crippen LogP contribution is 2.55. The normalized spacial score (nSPS) is 14.3. The largest absolute Gasteiger partial charge is 0.310 e. The maximum Gasteiger partial charge on any atom is 0.0588 e. The van der Waals surface area contributed by atoms with Gasteiger partial charge in [-0.15, -0.1) is 0 Å². The summed E-state index contributed by atoms with van der Waals surface area (Å²) in [6.07, 6.45) is 0. The molecule has 0 saturated carbocycles. The summed E-state index contributed by atoms with van der Waals surface area (Å²) in [5, 5.41) is 5.04. The molecular weight excluding hydrogens is 725 g/mol. The Labute approximate surface area is 351 Å². The van der Waals surface area contributed by atoms with Crippen molar-refractivity contribution in [2.24, 2.45) is 0 Å². The Morgan fingerprint density at radius 2 is 0.950 bits per heavy atom. The number of hydrogen-bond donors (Lipinski definition) is 0. The standard InChI is InChI=1S/C58H44N2/c1-57(2)49-25-15-13-21-42(49)44-32-31-41(35-51(44)57)59(40-29-27-38(28-30-40)37-17-7-5-8-18-37)52-36-53-54(46-24-12-11-23-45(46)52)48-34-33-47-43-22-14-16-26-50(43)58(3,4)55(47)56(48)60(53)39-19-9-6-10-20-39/h5-36H,1-4H3. The summed E-state index contributed by atoms with van der Waals surface area (Å²) in [5.41, 5.74) is 20.0. The lowest BCUT2D eigenvalue weighted by Gasteiger charge is -2.29. The van der Waals surface area contributed by atoms with Crippen LogP contribution in [-0.4, -0.2) is 4.57 Å². The van der Waals surface area contributed by atoms with Crippen molar-refractivity contribution in [3.05, 3.63) is 216 Å². The van der Waals surface area contributed by atoms with Crippen molar-refractivity contribution in [3.8, 4) is 39.1 Å². The van der Waals surface area contributed by atoms with Crippen LogP contribution in [0.5, 0.6) is 0 Å². The van der Waals surface area contributed by atoms with E-state index in [9.17, 15) is 0 Å². The van der Waals surface area contributed by atoms with Crippen molar-refractivity contribution in [1.82, 2.24) is 4.57 Å². The fourth-order valence-electron chi connectivity index (χ4n) is 10.9. The first kappa shape index (κ1) is 34.8. The summed E-state index contributed by atoms with van der Waals surface area (Å²) in [6, 6.07) is 72.2. The van der Waals surface area contributed by atoms with Crippen LogP contribution in [0.3, 0.4) is 0 Å². The highest BCUT2D eigenvalue weighted by molar-refractivity contribution is 6.26. The van der Waals surface area contributed by atoms with Gasteiger partial charge in [-0.1, -0.05) is 179 Å². The van der Waals surface area contributed by atoms with Gasteiger partial charge in [-0.3, -0.25) is 0 Å². The topological polar surface area (TPSA) is 8.17 Å². The predicted molar refractivity (Wildman–Crippen MR) is 254 cm³/mol. The lowest BCUT2D eigenvalue weighted by Crippen LogP contribution is -2.17. The van der Waals surface area contributed by atoms with Gasteiger partial charge >= 0.3 is 0 Å². The monoisotopic (exact) mass is 768 g/mol. The van der Waals surface area contributed by atoms with E-state index in [1.165, 1.54) is 88.2 Å². The van der Waals surface area contributed by atoms with Crippen molar-refractivity contribution < 1.29 is 0 Å². The van der Waals surface area contributed by atoms with Crippen molar-refractivity contribution in [2.45, 2.75) is 38.5 Å².